The summed E-state index contributed by atoms with van der Waals surface area (Å²) >= 11 is 0. The van der Waals surface area contributed by atoms with Crippen molar-refractivity contribution in [2.24, 2.45) is 14.1 Å². The molecule has 0 fully saturated rings. The van der Waals surface area contributed by atoms with Gasteiger partial charge in [-0.3, -0.25) is 13.9 Å². The molecule has 0 saturated carbocycles. The number of rotatable bonds is 4. The highest BCUT2D eigenvalue weighted by molar-refractivity contribution is 5.02. The molecule has 0 amide bonds. The van der Waals surface area contributed by atoms with Crippen LogP contribution < -0.4 is 16.6 Å². The molecule has 0 spiro atoms. The summed E-state index contributed by atoms with van der Waals surface area (Å²) in [7, 11) is 3.11. The Labute approximate surface area is 87.7 Å². The first-order valence-electron chi connectivity index (χ1n) is 4.65. The maximum absolute atomic E-state index is 11.5. The van der Waals surface area contributed by atoms with Gasteiger partial charge in [-0.2, -0.15) is 0 Å². The van der Waals surface area contributed by atoms with Crippen LogP contribution >= 0.6 is 0 Å². The van der Waals surface area contributed by atoms with E-state index in [1.807, 2.05) is 0 Å². The maximum Gasteiger partial charge on any atom is 0.330 e. The number of hydrogen-bond donors (Lipinski definition) is 1. The first kappa shape index (κ1) is 11.5. The van der Waals surface area contributed by atoms with Gasteiger partial charge in [0.2, 0.25) is 0 Å². The molecule has 15 heavy (non-hydrogen) atoms. The summed E-state index contributed by atoms with van der Waals surface area (Å²) in [4.78, 5) is 22.9. The van der Waals surface area contributed by atoms with Gasteiger partial charge in [0.25, 0.3) is 5.56 Å². The highest BCUT2D eigenvalue weighted by Crippen LogP contribution is 1.88. The Hall–Kier alpha value is -1.62. The average molecular weight is 209 g/mol. The number of nitrogens with zero attached hydrogens (tertiary/aromatic N) is 2. The van der Waals surface area contributed by atoms with E-state index in [0.29, 0.717) is 18.8 Å². The lowest BCUT2D eigenvalue weighted by molar-refractivity contribution is 0.619. The Kier molecular flexibility index (Phi) is 3.62. The third-order valence-corrected chi connectivity index (χ3v) is 2.22. The molecule has 0 unspecified atom stereocenters. The minimum Gasteiger partial charge on any atom is -0.308 e. The van der Waals surface area contributed by atoms with Gasteiger partial charge in [0.05, 0.1) is 0 Å². The fraction of sp³-hybridized carbons (Fsp3) is 0.400. The second-order valence-corrected chi connectivity index (χ2v) is 3.29. The van der Waals surface area contributed by atoms with E-state index in [9.17, 15) is 9.59 Å². The summed E-state index contributed by atoms with van der Waals surface area (Å²) in [6, 6.07) is 1.46. The summed E-state index contributed by atoms with van der Waals surface area (Å²) in [5.41, 5.74) is 0.0800. The van der Waals surface area contributed by atoms with Gasteiger partial charge in [-0.15, -0.1) is 6.58 Å². The minimum atomic E-state index is -0.307. The summed E-state index contributed by atoms with van der Waals surface area (Å²) in [6.45, 7) is 4.69. The van der Waals surface area contributed by atoms with E-state index in [1.54, 1.807) is 13.1 Å². The molecule has 0 radical (unpaired) electrons. The van der Waals surface area contributed by atoms with Gasteiger partial charge in [0.1, 0.15) is 0 Å². The summed E-state index contributed by atoms with van der Waals surface area (Å²) in [5, 5.41) is 3.04. The summed E-state index contributed by atoms with van der Waals surface area (Å²) in [5.74, 6) is 0. The third-order valence-electron chi connectivity index (χ3n) is 2.22. The largest absolute Gasteiger partial charge is 0.330 e. The van der Waals surface area contributed by atoms with Crippen LogP contribution in [0.1, 0.15) is 5.69 Å². The van der Waals surface area contributed by atoms with Crippen molar-refractivity contribution >= 4 is 0 Å². The number of nitrogens with one attached hydrogen (secondary N) is 1. The van der Waals surface area contributed by atoms with E-state index < -0.39 is 0 Å². The van der Waals surface area contributed by atoms with Gasteiger partial charge in [0.15, 0.2) is 0 Å². The van der Waals surface area contributed by atoms with Crippen LogP contribution in [-0.4, -0.2) is 15.7 Å². The Balaban J connectivity index is 3.04. The monoisotopic (exact) mass is 209 g/mol. The molecule has 5 nitrogen and oxygen atoms in total. The lowest BCUT2D eigenvalue weighted by atomic mass is 10.4. The summed E-state index contributed by atoms with van der Waals surface area (Å²) < 4.78 is 2.54. The van der Waals surface area contributed by atoms with Crippen molar-refractivity contribution in [3.8, 4) is 0 Å². The first-order chi connectivity index (χ1) is 7.07. The topological polar surface area (TPSA) is 56.0 Å². The van der Waals surface area contributed by atoms with Crippen LogP contribution in [0.15, 0.2) is 28.3 Å². The molecule has 82 valence electrons. The normalized spacial score (nSPS) is 10.3. The van der Waals surface area contributed by atoms with Crippen molar-refractivity contribution in [2.75, 3.05) is 6.54 Å². The van der Waals surface area contributed by atoms with Gasteiger partial charge in [-0.05, 0) is 0 Å². The molecule has 0 saturated heterocycles. The second-order valence-electron chi connectivity index (χ2n) is 3.29. The van der Waals surface area contributed by atoms with Crippen molar-refractivity contribution < 1.29 is 0 Å². The van der Waals surface area contributed by atoms with E-state index >= 15 is 0 Å². The molecule has 1 aromatic rings. The van der Waals surface area contributed by atoms with E-state index in [0.717, 1.165) is 4.57 Å². The number of aromatic nitrogens is 2. The van der Waals surface area contributed by atoms with Crippen molar-refractivity contribution in [2.45, 2.75) is 6.54 Å². The molecule has 0 atom stereocenters. The Bertz CT molecular complexity index is 471. The van der Waals surface area contributed by atoms with Crippen molar-refractivity contribution in [3.63, 3.8) is 0 Å². The average Bonchev–Trinajstić information content (AvgIpc) is 2.23. The predicted octanol–water partition coefficient (Wildman–Crippen LogP) is -0.640. The number of hydrogen-bond acceptors (Lipinski definition) is 3. The van der Waals surface area contributed by atoms with Crippen LogP contribution in [0.5, 0.6) is 0 Å². The standard InChI is InChI=1S/C10H15N3O2/c1-4-5-11-7-8-6-9(14)13(3)10(15)12(8)2/h4,6,11H,1,5,7H2,2-3H3. The zero-order valence-corrected chi connectivity index (χ0v) is 8.99. The van der Waals surface area contributed by atoms with E-state index in [4.69, 9.17) is 0 Å². The van der Waals surface area contributed by atoms with Crippen LogP contribution in [0.3, 0.4) is 0 Å². The van der Waals surface area contributed by atoms with Crippen molar-refractivity contribution in [3.05, 3.63) is 45.3 Å². The van der Waals surface area contributed by atoms with E-state index in [-0.39, 0.29) is 11.2 Å². The summed E-state index contributed by atoms with van der Waals surface area (Å²) in [6.07, 6.45) is 1.72. The molecule has 0 bridgehead atoms. The zero-order chi connectivity index (χ0) is 11.4. The maximum atomic E-state index is 11.5. The van der Waals surface area contributed by atoms with Crippen LogP contribution in [0.25, 0.3) is 0 Å². The van der Waals surface area contributed by atoms with Crippen LogP contribution in [-0.2, 0) is 20.6 Å². The molecule has 1 aromatic heterocycles. The third kappa shape index (κ3) is 2.44. The molecule has 5 heteroatoms. The SMILES string of the molecule is C=CCNCc1cc(=O)n(C)c(=O)n1C. The Morgan fingerprint density at radius 3 is 2.67 bits per heavy atom. The van der Waals surface area contributed by atoms with Gasteiger partial charge < -0.3 is 5.32 Å². The molecule has 1 rings (SSSR count). The quantitative estimate of drug-likeness (QED) is 0.530. The second kappa shape index (κ2) is 4.75. The molecule has 1 N–H and O–H groups in total. The fourth-order valence-corrected chi connectivity index (χ4v) is 1.25. The van der Waals surface area contributed by atoms with E-state index in [1.165, 1.54) is 17.7 Å². The fourth-order valence-electron chi connectivity index (χ4n) is 1.25. The van der Waals surface area contributed by atoms with Gasteiger partial charge >= 0.3 is 5.69 Å². The molecule has 0 aliphatic heterocycles. The van der Waals surface area contributed by atoms with Crippen molar-refractivity contribution in [1.29, 1.82) is 0 Å². The van der Waals surface area contributed by atoms with Crippen LogP contribution in [0, 0.1) is 0 Å². The Morgan fingerprint density at radius 1 is 1.40 bits per heavy atom. The van der Waals surface area contributed by atoms with Crippen molar-refractivity contribution in [1.82, 2.24) is 14.5 Å². The van der Waals surface area contributed by atoms with Gasteiger partial charge in [-0.25, -0.2) is 4.79 Å². The predicted molar refractivity (Wildman–Crippen MR) is 58.8 cm³/mol. The lowest BCUT2D eigenvalue weighted by Gasteiger charge is -2.09. The zero-order valence-electron chi connectivity index (χ0n) is 8.99. The Morgan fingerprint density at radius 2 is 2.07 bits per heavy atom. The lowest BCUT2D eigenvalue weighted by Crippen LogP contribution is -2.39. The molecule has 0 aliphatic carbocycles. The first-order valence-corrected chi connectivity index (χ1v) is 4.65. The molecular weight excluding hydrogens is 194 g/mol. The molecule has 0 aromatic carbocycles. The smallest absolute Gasteiger partial charge is 0.308 e. The van der Waals surface area contributed by atoms with Crippen LogP contribution in [0.4, 0.5) is 0 Å². The van der Waals surface area contributed by atoms with E-state index in [2.05, 4.69) is 11.9 Å². The van der Waals surface area contributed by atoms with Crippen LogP contribution in [0.2, 0.25) is 0 Å². The van der Waals surface area contributed by atoms with Gasteiger partial charge in [-0.1, -0.05) is 6.08 Å². The molecular formula is C10H15N3O2. The minimum absolute atomic E-state index is 0.284. The highest BCUT2D eigenvalue weighted by atomic mass is 16.2. The van der Waals surface area contributed by atoms with Gasteiger partial charge in [0, 0.05) is 38.9 Å². The molecule has 0 aliphatic rings. The molecule has 1 heterocycles. The highest BCUT2D eigenvalue weighted by Gasteiger charge is 2.04.